The lowest BCUT2D eigenvalue weighted by atomic mass is 10.0. The zero-order chi connectivity index (χ0) is 15.7. The van der Waals surface area contributed by atoms with E-state index in [0.29, 0.717) is 18.3 Å². The summed E-state index contributed by atoms with van der Waals surface area (Å²) in [4.78, 5) is 26.1. The van der Waals surface area contributed by atoms with Crippen molar-refractivity contribution in [2.45, 2.75) is 57.9 Å². The predicted octanol–water partition coefficient (Wildman–Crippen LogP) is 2.33. The summed E-state index contributed by atoms with van der Waals surface area (Å²) in [6.07, 6.45) is 4.64. The molecule has 0 unspecified atom stereocenters. The fraction of sp³-hybridized carbons (Fsp3) is 0.706. The first-order chi connectivity index (χ1) is 10.5. The van der Waals surface area contributed by atoms with Crippen LogP contribution in [0.1, 0.15) is 63.6 Å². The van der Waals surface area contributed by atoms with Crippen LogP contribution in [0.2, 0.25) is 0 Å². The summed E-state index contributed by atoms with van der Waals surface area (Å²) in [7, 11) is 0. The summed E-state index contributed by atoms with van der Waals surface area (Å²) in [5, 5.41) is 4.58. The maximum Gasteiger partial charge on any atom is 0.267 e. The number of amides is 1. The Balaban J connectivity index is 1.65. The van der Waals surface area contributed by atoms with Crippen molar-refractivity contribution < 1.29 is 4.79 Å². The first-order valence-electron chi connectivity index (χ1n) is 8.42. The molecule has 0 bridgehead atoms. The zero-order valence-electron chi connectivity index (χ0n) is 13.5. The van der Waals surface area contributed by atoms with Crippen LogP contribution in [-0.4, -0.2) is 33.7 Å². The molecule has 0 aromatic carbocycles. The Kier molecular flexibility index (Phi) is 4.32. The summed E-state index contributed by atoms with van der Waals surface area (Å²) in [6.45, 7) is 5.60. The van der Waals surface area contributed by atoms with E-state index in [0.717, 1.165) is 31.6 Å². The molecule has 2 heterocycles. The van der Waals surface area contributed by atoms with Crippen LogP contribution in [0.4, 0.5) is 0 Å². The van der Waals surface area contributed by atoms with E-state index in [1.807, 2.05) is 11.0 Å². The highest BCUT2D eigenvalue weighted by Gasteiger charge is 2.28. The molecule has 2 aliphatic rings. The third-order valence-electron chi connectivity index (χ3n) is 4.59. The number of piperidine rings is 1. The van der Waals surface area contributed by atoms with E-state index in [4.69, 9.17) is 0 Å². The van der Waals surface area contributed by atoms with Gasteiger partial charge in [-0.3, -0.25) is 9.59 Å². The average Bonchev–Trinajstić information content (AvgIpc) is 3.32. The molecule has 1 aliphatic carbocycles. The quantitative estimate of drug-likeness (QED) is 0.858. The second-order valence-corrected chi connectivity index (χ2v) is 7.03. The first-order valence-corrected chi connectivity index (χ1v) is 8.42. The van der Waals surface area contributed by atoms with Gasteiger partial charge in [-0.2, -0.15) is 5.10 Å². The summed E-state index contributed by atoms with van der Waals surface area (Å²) < 4.78 is 1.66. The van der Waals surface area contributed by atoms with Gasteiger partial charge in [0.05, 0.1) is 11.7 Å². The highest BCUT2D eigenvalue weighted by Crippen LogP contribution is 2.38. The number of likely N-dealkylation sites (tertiary alicyclic amines) is 1. The van der Waals surface area contributed by atoms with Crippen LogP contribution >= 0.6 is 0 Å². The first kappa shape index (κ1) is 15.3. The molecule has 0 N–H and O–H groups in total. The van der Waals surface area contributed by atoms with Gasteiger partial charge in [-0.25, -0.2) is 4.68 Å². The molecule has 0 radical (unpaired) electrons. The van der Waals surface area contributed by atoms with Crippen LogP contribution < -0.4 is 5.56 Å². The van der Waals surface area contributed by atoms with Crippen molar-refractivity contribution in [3.05, 3.63) is 28.2 Å². The minimum atomic E-state index is -0.0173. The zero-order valence-corrected chi connectivity index (χ0v) is 13.5. The number of nitrogens with zero attached hydrogens (tertiary/aromatic N) is 3. The summed E-state index contributed by atoms with van der Waals surface area (Å²) in [5.41, 5.74) is 1.04. The molecule has 1 saturated heterocycles. The molecule has 22 heavy (non-hydrogen) atoms. The third kappa shape index (κ3) is 3.39. The molecule has 2 fully saturated rings. The Labute approximate surface area is 131 Å². The van der Waals surface area contributed by atoms with E-state index in [9.17, 15) is 9.59 Å². The van der Waals surface area contributed by atoms with E-state index in [1.54, 1.807) is 10.7 Å². The van der Waals surface area contributed by atoms with Gasteiger partial charge < -0.3 is 4.90 Å². The lowest BCUT2D eigenvalue weighted by Crippen LogP contribution is -2.41. The number of hydrogen-bond acceptors (Lipinski definition) is 3. The highest BCUT2D eigenvalue weighted by molar-refractivity contribution is 5.76. The van der Waals surface area contributed by atoms with E-state index >= 15 is 0 Å². The van der Waals surface area contributed by atoms with Crippen LogP contribution in [0.15, 0.2) is 16.9 Å². The molecule has 5 nitrogen and oxygen atoms in total. The monoisotopic (exact) mass is 303 g/mol. The van der Waals surface area contributed by atoms with Crippen molar-refractivity contribution >= 4 is 5.91 Å². The molecule has 1 aromatic heterocycles. The Bertz CT molecular complexity index is 596. The number of carbonyl (C=O) groups is 1. The van der Waals surface area contributed by atoms with Gasteiger partial charge >= 0.3 is 0 Å². The van der Waals surface area contributed by atoms with Crippen LogP contribution in [0.3, 0.4) is 0 Å². The molecular formula is C17H25N3O2. The summed E-state index contributed by atoms with van der Waals surface area (Å²) >= 11 is 0. The molecule has 0 atom stereocenters. The van der Waals surface area contributed by atoms with Gasteiger partial charge in [0.25, 0.3) is 5.56 Å². The second-order valence-electron chi connectivity index (χ2n) is 7.03. The van der Waals surface area contributed by atoms with E-state index in [-0.39, 0.29) is 17.5 Å². The van der Waals surface area contributed by atoms with Gasteiger partial charge in [0.1, 0.15) is 0 Å². The van der Waals surface area contributed by atoms with Crippen LogP contribution in [-0.2, 0) is 4.79 Å². The molecule has 1 amide bonds. The normalized spacial score (nSPS) is 19.7. The summed E-state index contributed by atoms with van der Waals surface area (Å²) in [6, 6.07) is 3.66. The van der Waals surface area contributed by atoms with Gasteiger partial charge in [-0.05, 0) is 37.7 Å². The topological polar surface area (TPSA) is 55.2 Å². The van der Waals surface area contributed by atoms with Gasteiger partial charge in [0.2, 0.25) is 5.91 Å². The standard InChI is InChI=1S/C17H25N3O2/c1-12(2)11-17(22)19-9-7-14(8-10-19)20-16(21)6-5-15(18-20)13-3-4-13/h5-6,12-14H,3-4,7-11H2,1-2H3. The van der Waals surface area contributed by atoms with Gasteiger partial charge in [-0.15, -0.1) is 0 Å². The molecule has 3 rings (SSSR count). The largest absolute Gasteiger partial charge is 0.343 e. The number of carbonyl (C=O) groups excluding carboxylic acids is 1. The van der Waals surface area contributed by atoms with E-state index < -0.39 is 0 Å². The van der Waals surface area contributed by atoms with Gasteiger partial charge in [-0.1, -0.05) is 13.8 Å². The number of hydrogen-bond donors (Lipinski definition) is 0. The Morgan fingerprint density at radius 1 is 1.23 bits per heavy atom. The minimum Gasteiger partial charge on any atom is -0.343 e. The molecule has 1 aromatic rings. The lowest BCUT2D eigenvalue weighted by molar-refractivity contribution is -0.133. The molecule has 1 aliphatic heterocycles. The maximum absolute atomic E-state index is 12.1. The van der Waals surface area contributed by atoms with E-state index in [1.165, 1.54) is 12.8 Å². The molecule has 5 heteroatoms. The smallest absolute Gasteiger partial charge is 0.267 e. The van der Waals surface area contributed by atoms with Gasteiger partial charge in [0.15, 0.2) is 0 Å². The van der Waals surface area contributed by atoms with Gasteiger partial charge in [0, 0.05) is 31.5 Å². The van der Waals surface area contributed by atoms with Crippen molar-refractivity contribution in [2.75, 3.05) is 13.1 Å². The van der Waals surface area contributed by atoms with Crippen molar-refractivity contribution in [1.82, 2.24) is 14.7 Å². The lowest BCUT2D eigenvalue weighted by Gasteiger charge is -2.32. The fourth-order valence-electron chi connectivity index (χ4n) is 3.14. The number of rotatable bonds is 4. The van der Waals surface area contributed by atoms with Crippen LogP contribution in [0, 0.1) is 5.92 Å². The average molecular weight is 303 g/mol. The Morgan fingerprint density at radius 3 is 2.50 bits per heavy atom. The molecule has 120 valence electrons. The summed E-state index contributed by atoms with van der Waals surface area (Å²) in [5.74, 6) is 1.18. The van der Waals surface area contributed by atoms with Crippen molar-refractivity contribution in [1.29, 1.82) is 0 Å². The predicted molar refractivity (Wildman–Crippen MR) is 84.8 cm³/mol. The third-order valence-corrected chi connectivity index (χ3v) is 4.59. The maximum atomic E-state index is 12.1. The molecular weight excluding hydrogens is 278 g/mol. The highest BCUT2D eigenvalue weighted by atomic mass is 16.2. The van der Waals surface area contributed by atoms with Crippen molar-refractivity contribution in [2.24, 2.45) is 5.92 Å². The number of aromatic nitrogens is 2. The SMILES string of the molecule is CC(C)CC(=O)N1CCC(n2nc(C3CC3)ccc2=O)CC1. The fourth-order valence-corrected chi connectivity index (χ4v) is 3.14. The Morgan fingerprint density at radius 2 is 1.91 bits per heavy atom. The van der Waals surface area contributed by atoms with Crippen LogP contribution in [0.25, 0.3) is 0 Å². The Hall–Kier alpha value is -1.65. The van der Waals surface area contributed by atoms with Crippen molar-refractivity contribution in [3.63, 3.8) is 0 Å². The van der Waals surface area contributed by atoms with Crippen molar-refractivity contribution in [3.8, 4) is 0 Å². The second kappa shape index (κ2) is 6.23. The van der Waals surface area contributed by atoms with E-state index in [2.05, 4.69) is 18.9 Å². The van der Waals surface area contributed by atoms with Crippen LogP contribution in [0.5, 0.6) is 0 Å². The molecule has 1 saturated carbocycles. The molecule has 0 spiro atoms. The minimum absolute atomic E-state index is 0.0173.